The van der Waals surface area contributed by atoms with E-state index in [1.165, 1.54) is 0 Å². The molecule has 10 heteroatoms. The van der Waals surface area contributed by atoms with Gasteiger partial charge in [0.05, 0.1) is 24.5 Å². The number of hydrogen-bond acceptors (Lipinski definition) is 7. The fourth-order valence-electron chi connectivity index (χ4n) is 4.97. The van der Waals surface area contributed by atoms with Gasteiger partial charge in [0.25, 0.3) is 11.8 Å². The number of ether oxygens (including phenoxy) is 1. The lowest BCUT2D eigenvalue weighted by Crippen LogP contribution is -2.49. The van der Waals surface area contributed by atoms with Gasteiger partial charge in [0.1, 0.15) is 6.04 Å². The van der Waals surface area contributed by atoms with Gasteiger partial charge in [-0.05, 0) is 48.7 Å². The molecule has 3 heterocycles. The maximum atomic E-state index is 13.6. The number of benzene rings is 2. The summed E-state index contributed by atoms with van der Waals surface area (Å²) in [7, 11) is 0. The number of ketones is 1. The van der Waals surface area contributed by atoms with Crippen LogP contribution in [-0.2, 0) is 20.7 Å². The quantitative estimate of drug-likeness (QED) is 0.284. The Morgan fingerprint density at radius 2 is 1.76 bits per heavy atom. The molecule has 0 radical (unpaired) electrons. The van der Waals surface area contributed by atoms with Crippen LogP contribution < -0.4 is 15.5 Å². The minimum absolute atomic E-state index is 0.0306. The highest BCUT2D eigenvalue weighted by Crippen LogP contribution is 2.25. The first kappa shape index (κ1) is 27.3. The molecule has 1 aliphatic heterocycles. The summed E-state index contributed by atoms with van der Waals surface area (Å²) in [6.07, 6.45) is 5.24. The standard InChI is InChI=1S/C32H32N6O4/c39-29(32(41)34-24-11-12-24)28(20-22-6-2-1-3-7-22)35-31(40)26-10-5-14-33-30(26)38-15-13-27(36-38)23-8-4-9-25(21-23)37-16-18-42-19-17-37/h1-10,13-15,21,24,28H,11-12,16-20H2,(H,34,41)(H,35,40)/t28-/m1/s1. The molecule has 1 aliphatic carbocycles. The van der Waals surface area contributed by atoms with Gasteiger partial charge in [-0.1, -0.05) is 42.5 Å². The Labute approximate surface area is 243 Å². The summed E-state index contributed by atoms with van der Waals surface area (Å²) in [5.74, 6) is -1.55. The van der Waals surface area contributed by atoms with E-state index in [1.807, 2.05) is 48.5 Å². The van der Waals surface area contributed by atoms with E-state index in [0.717, 1.165) is 48.4 Å². The summed E-state index contributed by atoms with van der Waals surface area (Å²) in [5.41, 5.74) is 3.84. The molecular formula is C32H32N6O4. The fraction of sp³-hybridized carbons (Fsp3) is 0.281. The highest BCUT2D eigenvalue weighted by Gasteiger charge is 2.32. The Hall–Kier alpha value is -4.83. The van der Waals surface area contributed by atoms with Crippen LogP contribution in [0.5, 0.6) is 0 Å². The van der Waals surface area contributed by atoms with E-state index >= 15 is 0 Å². The van der Waals surface area contributed by atoms with Crippen molar-refractivity contribution >= 4 is 23.3 Å². The molecule has 2 aromatic carbocycles. The Balaban J connectivity index is 1.23. The van der Waals surface area contributed by atoms with Crippen LogP contribution in [0.3, 0.4) is 0 Å². The summed E-state index contributed by atoms with van der Waals surface area (Å²) in [6.45, 7) is 3.07. The van der Waals surface area contributed by atoms with Gasteiger partial charge in [0, 0.05) is 49.2 Å². The molecule has 10 nitrogen and oxygen atoms in total. The monoisotopic (exact) mass is 564 g/mol. The number of anilines is 1. The zero-order valence-corrected chi connectivity index (χ0v) is 23.1. The number of morpholine rings is 1. The Morgan fingerprint density at radius 3 is 2.55 bits per heavy atom. The van der Waals surface area contributed by atoms with E-state index in [2.05, 4.69) is 32.7 Å². The van der Waals surface area contributed by atoms with Crippen molar-refractivity contribution < 1.29 is 19.1 Å². The van der Waals surface area contributed by atoms with Gasteiger partial charge in [-0.25, -0.2) is 9.67 Å². The van der Waals surface area contributed by atoms with E-state index in [0.29, 0.717) is 19.0 Å². The second kappa shape index (κ2) is 12.4. The van der Waals surface area contributed by atoms with Crippen molar-refractivity contribution in [2.75, 3.05) is 31.2 Å². The average molecular weight is 565 g/mol. The number of hydrogen-bond donors (Lipinski definition) is 2. The van der Waals surface area contributed by atoms with E-state index in [9.17, 15) is 14.4 Å². The molecule has 4 aromatic rings. The number of nitrogens with zero attached hydrogens (tertiary/aromatic N) is 4. The lowest BCUT2D eigenvalue weighted by atomic mass is 10.0. The van der Waals surface area contributed by atoms with Crippen LogP contribution in [0.1, 0.15) is 28.8 Å². The third kappa shape index (κ3) is 6.39. The van der Waals surface area contributed by atoms with Crippen molar-refractivity contribution in [3.63, 3.8) is 0 Å². The molecule has 42 heavy (non-hydrogen) atoms. The number of carbonyl (C=O) groups excluding carboxylic acids is 3. The smallest absolute Gasteiger partial charge is 0.289 e. The predicted molar refractivity (Wildman–Crippen MR) is 157 cm³/mol. The third-order valence-electron chi connectivity index (χ3n) is 7.40. The molecule has 0 spiro atoms. The van der Waals surface area contributed by atoms with Gasteiger partial charge in [0.2, 0.25) is 5.78 Å². The van der Waals surface area contributed by atoms with Crippen molar-refractivity contribution in [1.29, 1.82) is 0 Å². The molecule has 1 saturated heterocycles. The van der Waals surface area contributed by atoms with E-state index < -0.39 is 23.6 Å². The zero-order valence-electron chi connectivity index (χ0n) is 23.1. The summed E-state index contributed by atoms with van der Waals surface area (Å²) >= 11 is 0. The fourth-order valence-corrected chi connectivity index (χ4v) is 4.97. The minimum Gasteiger partial charge on any atom is -0.378 e. The van der Waals surface area contributed by atoms with Crippen LogP contribution in [0.4, 0.5) is 5.69 Å². The van der Waals surface area contributed by atoms with Crippen molar-refractivity contribution in [2.24, 2.45) is 0 Å². The lowest BCUT2D eigenvalue weighted by Gasteiger charge is -2.29. The van der Waals surface area contributed by atoms with Crippen molar-refractivity contribution in [3.8, 4) is 17.1 Å². The number of amides is 2. The molecule has 2 amide bonds. The van der Waals surface area contributed by atoms with Gasteiger partial charge in [-0.15, -0.1) is 0 Å². The van der Waals surface area contributed by atoms with E-state index in [4.69, 9.17) is 9.84 Å². The van der Waals surface area contributed by atoms with Crippen molar-refractivity contribution in [1.82, 2.24) is 25.4 Å². The molecule has 2 aliphatic rings. The normalized spacial score (nSPS) is 15.6. The Bertz CT molecular complexity index is 1580. The number of pyridine rings is 1. The molecule has 0 bridgehead atoms. The summed E-state index contributed by atoms with van der Waals surface area (Å²) in [6, 6.07) is 21.6. The van der Waals surface area contributed by atoms with Crippen LogP contribution in [-0.4, -0.2) is 70.7 Å². The van der Waals surface area contributed by atoms with E-state index in [1.54, 1.807) is 29.2 Å². The maximum Gasteiger partial charge on any atom is 0.289 e. The maximum absolute atomic E-state index is 13.6. The number of rotatable bonds is 10. The second-order valence-corrected chi connectivity index (χ2v) is 10.5. The molecule has 214 valence electrons. The Morgan fingerprint density at radius 1 is 0.952 bits per heavy atom. The van der Waals surface area contributed by atoms with Crippen LogP contribution in [0.25, 0.3) is 17.1 Å². The zero-order chi connectivity index (χ0) is 28.9. The summed E-state index contributed by atoms with van der Waals surface area (Å²) in [5, 5.41) is 10.3. The summed E-state index contributed by atoms with van der Waals surface area (Å²) < 4.78 is 7.03. The molecule has 2 aromatic heterocycles. The molecule has 1 atom stereocenters. The van der Waals surface area contributed by atoms with Crippen molar-refractivity contribution in [2.45, 2.75) is 31.3 Å². The molecule has 2 N–H and O–H groups in total. The largest absolute Gasteiger partial charge is 0.378 e. The number of nitrogens with one attached hydrogen (secondary N) is 2. The van der Waals surface area contributed by atoms with E-state index in [-0.39, 0.29) is 18.0 Å². The highest BCUT2D eigenvalue weighted by atomic mass is 16.5. The molecule has 1 saturated carbocycles. The first-order valence-corrected chi connectivity index (χ1v) is 14.2. The SMILES string of the molecule is O=C(NC1CC1)C(=O)[C@@H](Cc1ccccc1)NC(=O)c1cccnc1-n1ccc(-c2cccc(N3CCOCC3)c2)n1. The topological polar surface area (TPSA) is 118 Å². The number of Topliss-reactive ketones (excluding diaryl/α,β-unsaturated/α-hetero) is 1. The number of carbonyl (C=O) groups is 3. The van der Waals surface area contributed by atoms with Gasteiger partial charge in [0.15, 0.2) is 5.82 Å². The second-order valence-electron chi connectivity index (χ2n) is 10.5. The van der Waals surface area contributed by atoms with Crippen LogP contribution in [0.15, 0.2) is 85.2 Å². The van der Waals surface area contributed by atoms with Crippen LogP contribution in [0, 0.1) is 0 Å². The molecular weight excluding hydrogens is 532 g/mol. The Kier molecular flexibility index (Phi) is 8.05. The highest BCUT2D eigenvalue weighted by molar-refractivity contribution is 6.38. The van der Waals surface area contributed by atoms with Gasteiger partial charge in [-0.2, -0.15) is 5.10 Å². The van der Waals surface area contributed by atoms with Crippen molar-refractivity contribution in [3.05, 3.63) is 96.3 Å². The van der Waals surface area contributed by atoms with Crippen LogP contribution in [0.2, 0.25) is 0 Å². The predicted octanol–water partition coefficient (Wildman–Crippen LogP) is 2.96. The van der Waals surface area contributed by atoms with Gasteiger partial charge in [-0.3, -0.25) is 14.4 Å². The number of aromatic nitrogens is 3. The molecule has 6 rings (SSSR count). The molecule has 2 fully saturated rings. The van der Waals surface area contributed by atoms with Gasteiger partial charge >= 0.3 is 0 Å². The average Bonchev–Trinajstić information content (AvgIpc) is 3.72. The first-order chi connectivity index (χ1) is 20.5. The minimum atomic E-state index is -1.04. The first-order valence-electron chi connectivity index (χ1n) is 14.2. The summed E-state index contributed by atoms with van der Waals surface area (Å²) in [4.78, 5) is 46.1. The lowest BCUT2D eigenvalue weighted by molar-refractivity contribution is -0.139. The van der Waals surface area contributed by atoms with Crippen LogP contribution >= 0.6 is 0 Å². The third-order valence-corrected chi connectivity index (χ3v) is 7.40. The molecule has 0 unspecified atom stereocenters. The van der Waals surface area contributed by atoms with Gasteiger partial charge < -0.3 is 20.3 Å².